The standard InChI is InChI=1S/C15H18N2O2S/c1-11-7-9-13(10-8-11)12(2)17-14-5-3-4-6-15(14)20(16,18)19/h3-10,12,17H,1-2H3,(H2,16,18,19). The minimum absolute atomic E-state index is 0.0153. The first-order valence-electron chi connectivity index (χ1n) is 6.33. The number of benzene rings is 2. The van der Waals surface area contributed by atoms with Crippen molar-refractivity contribution in [2.75, 3.05) is 5.32 Å². The van der Waals surface area contributed by atoms with Crippen LogP contribution in [0.3, 0.4) is 0 Å². The number of nitrogens with two attached hydrogens (primary N) is 1. The van der Waals surface area contributed by atoms with Gasteiger partial charge in [0.05, 0.1) is 5.69 Å². The molecule has 0 aromatic heterocycles. The molecule has 5 heteroatoms. The number of hydrogen-bond acceptors (Lipinski definition) is 3. The molecule has 0 saturated heterocycles. The fourth-order valence-electron chi connectivity index (χ4n) is 2.01. The third kappa shape index (κ3) is 3.37. The van der Waals surface area contributed by atoms with Gasteiger partial charge >= 0.3 is 0 Å². The summed E-state index contributed by atoms with van der Waals surface area (Å²) in [6.45, 7) is 4.00. The molecular formula is C15H18N2O2S. The maximum Gasteiger partial charge on any atom is 0.240 e. The van der Waals surface area contributed by atoms with E-state index < -0.39 is 10.0 Å². The Balaban J connectivity index is 2.28. The van der Waals surface area contributed by atoms with Crippen molar-refractivity contribution in [3.05, 3.63) is 59.7 Å². The van der Waals surface area contributed by atoms with E-state index in [1.165, 1.54) is 11.6 Å². The molecule has 0 amide bonds. The van der Waals surface area contributed by atoms with Gasteiger partial charge in [-0.1, -0.05) is 42.0 Å². The fraction of sp³-hybridized carbons (Fsp3) is 0.200. The summed E-state index contributed by atoms with van der Waals surface area (Å²) in [6.07, 6.45) is 0. The van der Waals surface area contributed by atoms with Crippen LogP contribution in [0.25, 0.3) is 0 Å². The van der Waals surface area contributed by atoms with Gasteiger partial charge in [-0.25, -0.2) is 13.6 Å². The lowest BCUT2D eigenvalue weighted by Gasteiger charge is -2.18. The number of anilines is 1. The van der Waals surface area contributed by atoms with Crippen LogP contribution in [0.15, 0.2) is 53.4 Å². The average molecular weight is 290 g/mol. The lowest BCUT2D eigenvalue weighted by Crippen LogP contribution is -2.16. The highest BCUT2D eigenvalue weighted by Gasteiger charge is 2.15. The number of hydrogen-bond donors (Lipinski definition) is 2. The van der Waals surface area contributed by atoms with Crippen LogP contribution < -0.4 is 10.5 Å². The Kier molecular flexibility index (Phi) is 4.11. The largest absolute Gasteiger partial charge is 0.377 e. The lowest BCUT2D eigenvalue weighted by molar-refractivity contribution is 0.598. The number of aryl methyl sites for hydroxylation is 1. The maximum atomic E-state index is 11.6. The Bertz CT molecular complexity index is 694. The highest BCUT2D eigenvalue weighted by molar-refractivity contribution is 7.89. The SMILES string of the molecule is Cc1ccc(C(C)Nc2ccccc2S(N)(=O)=O)cc1. The van der Waals surface area contributed by atoms with Gasteiger partial charge in [-0.3, -0.25) is 0 Å². The number of rotatable bonds is 4. The van der Waals surface area contributed by atoms with E-state index >= 15 is 0 Å². The maximum absolute atomic E-state index is 11.6. The van der Waals surface area contributed by atoms with Crippen LogP contribution in [0.2, 0.25) is 0 Å². The second-order valence-electron chi connectivity index (χ2n) is 4.82. The van der Waals surface area contributed by atoms with Crippen molar-refractivity contribution in [3.8, 4) is 0 Å². The molecule has 20 heavy (non-hydrogen) atoms. The van der Waals surface area contributed by atoms with Crippen molar-refractivity contribution in [2.45, 2.75) is 24.8 Å². The van der Waals surface area contributed by atoms with Crippen molar-refractivity contribution < 1.29 is 8.42 Å². The molecule has 0 heterocycles. The minimum atomic E-state index is -3.73. The molecule has 0 fully saturated rings. The van der Waals surface area contributed by atoms with E-state index in [0.29, 0.717) is 5.69 Å². The summed E-state index contributed by atoms with van der Waals surface area (Å²) in [5.74, 6) is 0. The number of nitrogens with one attached hydrogen (secondary N) is 1. The molecule has 0 saturated carbocycles. The molecule has 2 aromatic rings. The summed E-state index contributed by atoms with van der Waals surface area (Å²) >= 11 is 0. The monoisotopic (exact) mass is 290 g/mol. The smallest absolute Gasteiger partial charge is 0.240 e. The van der Waals surface area contributed by atoms with Crippen molar-refractivity contribution in [1.82, 2.24) is 0 Å². The van der Waals surface area contributed by atoms with Gasteiger partial charge in [-0.05, 0) is 31.5 Å². The zero-order valence-corrected chi connectivity index (χ0v) is 12.3. The number of sulfonamides is 1. The molecule has 0 aliphatic heterocycles. The predicted octanol–water partition coefficient (Wildman–Crippen LogP) is 2.82. The first-order valence-corrected chi connectivity index (χ1v) is 7.87. The second-order valence-corrected chi connectivity index (χ2v) is 6.35. The molecule has 4 nitrogen and oxygen atoms in total. The minimum Gasteiger partial charge on any atom is -0.377 e. The summed E-state index contributed by atoms with van der Waals surface area (Å²) in [6, 6.07) is 14.7. The second kappa shape index (κ2) is 5.64. The van der Waals surface area contributed by atoms with Gasteiger partial charge < -0.3 is 5.32 Å². The summed E-state index contributed by atoms with van der Waals surface area (Å²) < 4.78 is 23.1. The molecule has 1 unspecified atom stereocenters. The summed E-state index contributed by atoms with van der Waals surface area (Å²) in [5.41, 5.74) is 2.79. The first-order chi connectivity index (χ1) is 9.38. The Hall–Kier alpha value is -1.85. The van der Waals surface area contributed by atoms with Crippen LogP contribution in [0, 0.1) is 6.92 Å². The zero-order valence-electron chi connectivity index (χ0n) is 11.5. The topological polar surface area (TPSA) is 72.2 Å². The zero-order chi connectivity index (χ0) is 14.8. The van der Waals surface area contributed by atoms with Crippen molar-refractivity contribution in [3.63, 3.8) is 0 Å². The first kappa shape index (κ1) is 14.6. The lowest BCUT2D eigenvalue weighted by atomic mass is 10.1. The molecule has 106 valence electrons. The van der Waals surface area contributed by atoms with E-state index in [1.54, 1.807) is 18.2 Å². The van der Waals surface area contributed by atoms with Crippen LogP contribution >= 0.6 is 0 Å². The molecule has 2 rings (SSSR count). The van der Waals surface area contributed by atoms with Crippen LogP contribution in [0.4, 0.5) is 5.69 Å². The van der Waals surface area contributed by atoms with Gasteiger partial charge in [-0.2, -0.15) is 0 Å². The van der Waals surface area contributed by atoms with E-state index in [-0.39, 0.29) is 10.9 Å². The van der Waals surface area contributed by atoms with Gasteiger partial charge in [0.2, 0.25) is 10.0 Å². The van der Waals surface area contributed by atoms with Crippen molar-refractivity contribution >= 4 is 15.7 Å². The summed E-state index contributed by atoms with van der Waals surface area (Å²) in [7, 11) is -3.73. The Morgan fingerprint density at radius 1 is 1.05 bits per heavy atom. The quantitative estimate of drug-likeness (QED) is 0.909. The molecular weight excluding hydrogens is 272 g/mol. The van der Waals surface area contributed by atoms with E-state index in [2.05, 4.69) is 5.32 Å². The predicted molar refractivity (Wildman–Crippen MR) is 81.0 cm³/mol. The number of primary sulfonamides is 1. The third-order valence-electron chi connectivity index (χ3n) is 3.14. The van der Waals surface area contributed by atoms with E-state index in [4.69, 9.17) is 5.14 Å². The van der Waals surface area contributed by atoms with Gasteiger partial charge in [0.15, 0.2) is 0 Å². The van der Waals surface area contributed by atoms with Gasteiger partial charge in [0.1, 0.15) is 4.90 Å². The van der Waals surface area contributed by atoms with Crippen molar-refractivity contribution in [2.24, 2.45) is 5.14 Å². The fourth-order valence-corrected chi connectivity index (χ4v) is 2.71. The highest BCUT2D eigenvalue weighted by Crippen LogP contribution is 2.24. The van der Waals surface area contributed by atoms with E-state index in [1.807, 2.05) is 38.1 Å². The van der Waals surface area contributed by atoms with E-state index in [9.17, 15) is 8.42 Å². The molecule has 0 spiro atoms. The van der Waals surface area contributed by atoms with Gasteiger partial charge in [0, 0.05) is 6.04 Å². The van der Waals surface area contributed by atoms with Crippen LogP contribution in [0.1, 0.15) is 24.1 Å². The van der Waals surface area contributed by atoms with Gasteiger partial charge in [0.25, 0.3) is 0 Å². The molecule has 0 aliphatic carbocycles. The van der Waals surface area contributed by atoms with Crippen LogP contribution in [0.5, 0.6) is 0 Å². The Morgan fingerprint density at radius 2 is 1.65 bits per heavy atom. The summed E-state index contributed by atoms with van der Waals surface area (Å²) in [4.78, 5) is 0.110. The molecule has 1 atom stereocenters. The third-order valence-corrected chi connectivity index (χ3v) is 4.11. The molecule has 2 aromatic carbocycles. The Morgan fingerprint density at radius 3 is 2.25 bits per heavy atom. The van der Waals surface area contributed by atoms with Crippen molar-refractivity contribution in [1.29, 1.82) is 0 Å². The number of para-hydroxylation sites is 1. The summed E-state index contributed by atoms with van der Waals surface area (Å²) in [5, 5.41) is 8.42. The molecule has 0 bridgehead atoms. The van der Waals surface area contributed by atoms with Crippen LogP contribution in [-0.2, 0) is 10.0 Å². The highest BCUT2D eigenvalue weighted by atomic mass is 32.2. The normalized spacial score (nSPS) is 12.9. The average Bonchev–Trinajstić information content (AvgIpc) is 2.38. The Labute approximate surface area is 119 Å². The van der Waals surface area contributed by atoms with Gasteiger partial charge in [-0.15, -0.1) is 0 Å². The molecule has 0 radical (unpaired) electrons. The molecule has 0 aliphatic rings. The van der Waals surface area contributed by atoms with Crippen LogP contribution in [-0.4, -0.2) is 8.42 Å². The van der Waals surface area contributed by atoms with E-state index in [0.717, 1.165) is 5.56 Å². The molecule has 3 N–H and O–H groups in total.